The molecule has 25 heavy (non-hydrogen) atoms. The van der Waals surface area contributed by atoms with Gasteiger partial charge >= 0.3 is 0 Å². The lowest BCUT2D eigenvalue weighted by molar-refractivity contribution is -0.138. The van der Waals surface area contributed by atoms with E-state index in [1.54, 1.807) is 6.92 Å². The van der Waals surface area contributed by atoms with Gasteiger partial charge in [-0.05, 0) is 25.7 Å². The molecule has 7 nitrogen and oxygen atoms in total. The number of morpholine rings is 1. The second-order valence-corrected chi connectivity index (χ2v) is 7.91. The number of hydrogen-bond acceptors (Lipinski definition) is 5. The molecule has 0 aromatic heterocycles. The maximum absolute atomic E-state index is 12.6. The van der Waals surface area contributed by atoms with Crippen molar-refractivity contribution in [3.05, 3.63) is 0 Å². The minimum Gasteiger partial charge on any atom is -0.394 e. The third-order valence-electron chi connectivity index (χ3n) is 6.09. The number of aliphatic hydroxyl groups is 1. The van der Waals surface area contributed by atoms with Crippen molar-refractivity contribution < 1.29 is 19.4 Å². The highest BCUT2D eigenvalue weighted by Gasteiger charge is 2.51. The maximum Gasteiger partial charge on any atom is 0.223 e. The van der Waals surface area contributed by atoms with Crippen molar-refractivity contribution in [3.8, 4) is 0 Å². The number of likely N-dealkylation sites (tertiary alicyclic amines) is 2. The summed E-state index contributed by atoms with van der Waals surface area (Å²) in [6, 6.07) is 0.151. The number of hydrogen-bond donors (Lipinski definition) is 1. The van der Waals surface area contributed by atoms with E-state index in [0.717, 1.165) is 45.7 Å². The van der Waals surface area contributed by atoms with Gasteiger partial charge in [0.2, 0.25) is 11.8 Å². The van der Waals surface area contributed by atoms with E-state index in [9.17, 15) is 14.7 Å². The number of amides is 2. The summed E-state index contributed by atoms with van der Waals surface area (Å²) in [7, 11) is 0. The van der Waals surface area contributed by atoms with Gasteiger partial charge in [-0.2, -0.15) is 0 Å². The van der Waals surface area contributed by atoms with Crippen LogP contribution in [0.25, 0.3) is 0 Å². The second-order valence-electron chi connectivity index (χ2n) is 7.91. The van der Waals surface area contributed by atoms with Crippen molar-refractivity contribution in [2.75, 3.05) is 52.5 Å². The highest BCUT2D eigenvalue weighted by atomic mass is 16.5. The molecule has 3 atom stereocenters. The van der Waals surface area contributed by atoms with Gasteiger partial charge in [0, 0.05) is 52.1 Å². The van der Waals surface area contributed by atoms with Gasteiger partial charge in [-0.1, -0.05) is 0 Å². The van der Waals surface area contributed by atoms with Crippen molar-refractivity contribution in [1.82, 2.24) is 14.7 Å². The van der Waals surface area contributed by atoms with Crippen LogP contribution in [0.3, 0.4) is 0 Å². The number of aliphatic hydroxyl groups excluding tert-OH is 1. The number of carbonyl (C=O) groups is 2. The van der Waals surface area contributed by atoms with E-state index >= 15 is 0 Å². The van der Waals surface area contributed by atoms with Crippen LogP contribution in [0.5, 0.6) is 0 Å². The molecule has 0 spiro atoms. The molecular weight excluding hydrogens is 322 g/mol. The van der Waals surface area contributed by atoms with E-state index in [1.807, 2.05) is 16.7 Å². The molecule has 3 saturated heterocycles. The fourth-order valence-electron chi connectivity index (χ4n) is 4.84. The van der Waals surface area contributed by atoms with Gasteiger partial charge in [-0.15, -0.1) is 0 Å². The molecule has 0 aromatic rings. The summed E-state index contributed by atoms with van der Waals surface area (Å²) in [5.74, 6) is 0.496. The highest BCUT2D eigenvalue weighted by molar-refractivity contribution is 5.77. The molecule has 3 aliphatic rings. The number of rotatable bonds is 4. The first-order chi connectivity index (χ1) is 11.9. The summed E-state index contributed by atoms with van der Waals surface area (Å²) >= 11 is 0. The predicted octanol–water partition coefficient (Wildman–Crippen LogP) is -0.0710. The Hall–Kier alpha value is -1.18. The van der Waals surface area contributed by atoms with Crippen LogP contribution in [-0.4, -0.2) is 95.7 Å². The van der Waals surface area contributed by atoms with Crippen molar-refractivity contribution in [2.24, 2.45) is 5.92 Å². The Morgan fingerprint density at radius 3 is 2.60 bits per heavy atom. The lowest BCUT2D eigenvalue weighted by atomic mass is 9.89. The predicted molar refractivity (Wildman–Crippen MR) is 93.0 cm³/mol. The molecule has 0 aromatic carbocycles. The van der Waals surface area contributed by atoms with Gasteiger partial charge in [0.05, 0.1) is 25.4 Å². The number of fused-ring (bicyclic) bond motifs is 1. The van der Waals surface area contributed by atoms with Crippen LogP contribution < -0.4 is 0 Å². The maximum atomic E-state index is 12.6. The Balaban J connectivity index is 1.55. The van der Waals surface area contributed by atoms with E-state index in [1.165, 1.54) is 0 Å². The SMILES string of the molecule is CC(=O)N1[C@H]2CCN(C(=O)CCN3CCOCC3)C[C@@H]2C[C@]1(C)CO. The van der Waals surface area contributed by atoms with Crippen molar-refractivity contribution in [1.29, 1.82) is 0 Å². The van der Waals surface area contributed by atoms with Crippen LogP contribution in [0, 0.1) is 5.92 Å². The Morgan fingerprint density at radius 1 is 1.24 bits per heavy atom. The third kappa shape index (κ3) is 3.83. The summed E-state index contributed by atoms with van der Waals surface area (Å²) in [6.45, 7) is 9.02. The molecule has 0 saturated carbocycles. The Kier molecular flexibility index (Phi) is 5.65. The molecule has 0 aliphatic carbocycles. The Morgan fingerprint density at radius 2 is 1.96 bits per heavy atom. The average molecular weight is 353 g/mol. The zero-order valence-electron chi connectivity index (χ0n) is 15.4. The smallest absolute Gasteiger partial charge is 0.223 e. The van der Waals surface area contributed by atoms with Gasteiger partial charge < -0.3 is 19.6 Å². The molecule has 1 N–H and O–H groups in total. The number of ether oxygens (including phenoxy) is 1. The topological polar surface area (TPSA) is 73.3 Å². The molecule has 0 radical (unpaired) electrons. The molecule has 2 amide bonds. The van der Waals surface area contributed by atoms with E-state index in [-0.39, 0.29) is 30.4 Å². The first-order valence-corrected chi connectivity index (χ1v) is 9.43. The summed E-state index contributed by atoms with van der Waals surface area (Å²) in [4.78, 5) is 30.8. The molecule has 142 valence electrons. The van der Waals surface area contributed by atoms with Crippen molar-refractivity contribution in [3.63, 3.8) is 0 Å². The fourth-order valence-corrected chi connectivity index (χ4v) is 4.84. The van der Waals surface area contributed by atoms with Crippen LogP contribution in [-0.2, 0) is 14.3 Å². The molecule has 7 heteroatoms. The molecule has 0 unspecified atom stereocenters. The fraction of sp³-hybridized carbons (Fsp3) is 0.889. The van der Waals surface area contributed by atoms with E-state index in [2.05, 4.69) is 4.90 Å². The van der Waals surface area contributed by atoms with Crippen molar-refractivity contribution >= 4 is 11.8 Å². The van der Waals surface area contributed by atoms with Gasteiger partial charge in [-0.3, -0.25) is 14.5 Å². The quantitative estimate of drug-likeness (QED) is 0.766. The lowest BCUT2D eigenvalue weighted by Gasteiger charge is -2.40. The van der Waals surface area contributed by atoms with E-state index < -0.39 is 5.54 Å². The summed E-state index contributed by atoms with van der Waals surface area (Å²) in [6.07, 6.45) is 2.12. The number of nitrogens with zero attached hydrogens (tertiary/aromatic N) is 3. The summed E-state index contributed by atoms with van der Waals surface area (Å²) in [5, 5.41) is 9.80. The van der Waals surface area contributed by atoms with Crippen LogP contribution >= 0.6 is 0 Å². The largest absolute Gasteiger partial charge is 0.394 e. The van der Waals surface area contributed by atoms with Gasteiger partial charge in [0.15, 0.2) is 0 Å². The van der Waals surface area contributed by atoms with Crippen LogP contribution in [0.2, 0.25) is 0 Å². The van der Waals surface area contributed by atoms with Gasteiger partial charge in [0.25, 0.3) is 0 Å². The van der Waals surface area contributed by atoms with Gasteiger partial charge in [-0.25, -0.2) is 0 Å². The van der Waals surface area contributed by atoms with E-state index in [4.69, 9.17) is 4.74 Å². The highest BCUT2D eigenvalue weighted by Crippen LogP contribution is 2.41. The monoisotopic (exact) mass is 353 g/mol. The molecular formula is C18H31N3O4. The number of piperidine rings is 1. The summed E-state index contributed by atoms with van der Waals surface area (Å²) in [5.41, 5.74) is -0.492. The molecule has 3 aliphatic heterocycles. The molecule has 0 bridgehead atoms. The third-order valence-corrected chi connectivity index (χ3v) is 6.09. The summed E-state index contributed by atoms with van der Waals surface area (Å²) < 4.78 is 5.34. The first-order valence-electron chi connectivity index (χ1n) is 9.43. The normalized spacial score (nSPS) is 33.4. The van der Waals surface area contributed by atoms with Crippen LogP contribution in [0.15, 0.2) is 0 Å². The number of carbonyl (C=O) groups excluding carboxylic acids is 2. The Bertz CT molecular complexity index is 509. The van der Waals surface area contributed by atoms with Gasteiger partial charge in [0.1, 0.15) is 0 Å². The lowest BCUT2D eigenvalue weighted by Crippen LogP contribution is -2.53. The standard InChI is InChI=1S/C18H31N3O4/c1-14(23)21-16-3-6-20(12-15(16)11-18(21,2)13-22)17(24)4-5-19-7-9-25-10-8-19/h15-16,22H,3-13H2,1-2H3/t15-,16-,18+/m0/s1. The van der Waals surface area contributed by atoms with Crippen molar-refractivity contribution in [2.45, 2.75) is 44.7 Å². The average Bonchev–Trinajstić information content (AvgIpc) is 2.92. The van der Waals surface area contributed by atoms with E-state index in [0.29, 0.717) is 19.5 Å². The molecule has 3 fully saturated rings. The minimum absolute atomic E-state index is 0.0233. The van der Waals surface area contributed by atoms with Crippen LogP contribution in [0.1, 0.15) is 33.1 Å². The molecule has 3 rings (SSSR count). The molecule has 3 heterocycles. The second kappa shape index (κ2) is 7.60. The zero-order valence-corrected chi connectivity index (χ0v) is 15.4. The van der Waals surface area contributed by atoms with Crippen LogP contribution in [0.4, 0.5) is 0 Å². The zero-order chi connectivity index (χ0) is 18.0. The minimum atomic E-state index is -0.492. The first kappa shape index (κ1) is 18.6. The Labute approximate surface area is 149 Å².